The average Bonchev–Trinajstić information content (AvgIpc) is 3.06. The van der Waals surface area contributed by atoms with Crippen molar-refractivity contribution < 1.29 is 9.30 Å². The van der Waals surface area contributed by atoms with Gasteiger partial charge < -0.3 is 29.7 Å². The van der Waals surface area contributed by atoms with E-state index in [9.17, 15) is 4.57 Å². The van der Waals surface area contributed by atoms with Gasteiger partial charge >= 0.3 is 0 Å². The van der Waals surface area contributed by atoms with Crippen molar-refractivity contribution in [3.63, 3.8) is 0 Å². The van der Waals surface area contributed by atoms with Crippen LogP contribution in [0.15, 0.2) is 41.3 Å². The van der Waals surface area contributed by atoms with Gasteiger partial charge in [-0.2, -0.15) is 9.97 Å². The molecule has 2 saturated heterocycles. The number of piperidine rings is 1. The predicted molar refractivity (Wildman–Crippen MR) is 188 cm³/mol. The van der Waals surface area contributed by atoms with Crippen molar-refractivity contribution in [1.82, 2.24) is 34.7 Å². The molecule has 2 N–H and O–H groups in total. The number of hydrogen-bond donors (Lipinski definition) is 2. The van der Waals surface area contributed by atoms with Gasteiger partial charge in [-0.3, -0.25) is 14.9 Å². The number of ether oxygens (including phenoxy) is 1. The van der Waals surface area contributed by atoms with Gasteiger partial charge in [0.25, 0.3) is 0 Å². The summed E-state index contributed by atoms with van der Waals surface area (Å²) in [6.07, 6.45) is 13.0. The highest BCUT2D eigenvalue weighted by Gasteiger charge is 2.29. The Balaban J connectivity index is 1.23. The number of pyridine rings is 1. The normalized spacial score (nSPS) is 16.7. The van der Waals surface area contributed by atoms with E-state index >= 15 is 0 Å². The van der Waals surface area contributed by atoms with Crippen LogP contribution >= 0.6 is 23.1 Å². The van der Waals surface area contributed by atoms with Crippen LogP contribution in [0.4, 0.5) is 29.0 Å². The van der Waals surface area contributed by atoms with Crippen LogP contribution in [0, 0.1) is 12.3 Å². The minimum atomic E-state index is -2.76. The number of terminal acetylenes is 1. The zero-order valence-corrected chi connectivity index (χ0v) is 29.0. The third-order valence-electron chi connectivity index (χ3n) is 8.53. The molecule has 1 aromatic carbocycles. The number of halogens is 1. The van der Waals surface area contributed by atoms with Gasteiger partial charge in [-0.25, -0.2) is 4.98 Å². The highest BCUT2D eigenvalue weighted by Crippen LogP contribution is 2.41. The van der Waals surface area contributed by atoms with Crippen LogP contribution in [0.5, 0.6) is 5.88 Å². The van der Waals surface area contributed by atoms with Gasteiger partial charge in [0, 0.05) is 63.9 Å². The van der Waals surface area contributed by atoms with Crippen LogP contribution in [0.25, 0.3) is 11.0 Å². The number of fused-ring (bicyclic) bond motifs is 1. The van der Waals surface area contributed by atoms with Crippen molar-refractivity contribution in [2.24, 2.45) is 0 Å². The molecule has 0 unspecified atom stereocenters. The van der Waals surface area contributed by atoms with E-state index in [0.29, 0.717) is 61.4 Å². The molecule has 0 bridgehead atoms. The highest BCUT2D eigenvalue weighted by atomic mass is 79.9. The van der Waals surface area contributed by atoms with E-state index in [0.717, 1.165) is 57.9 Å². The first kappa shape index (κ1) is 32.1. The van der Waals surface area contributed by atoms with Crippen molar-refractivity contribution in [2.45, 2.75) is 18.9 Å². The number of aromatic nitrogens is 5. The van der Waals surface area contributed by atoms with E-state index in [2.05, 4.69) is 69.2 Å². The highest BCUT2D eigenvalue weighted by molar-refractivity contribution is 9.10. The number of likely N-dealkylation sites (N-methyl/N-ethyl adjacent to an activating group) is 1. The number of hydrogen-bond acceptors (Lipinski definition) is 12. The number of piperazine rings is 1. The van der Waals surface area contributed by atoms with Crippen LogP contribution in [0.1, 0.15) is 18.4 Å². The van der Waals surface area contributed by atoms with Crippen LogP contribution < -0.4 is 25.6 Å². The van der Waals surface area contributed by atoms with Crippen molar-refractivity contribution in [3.05, 3.63) is 46.8 Å². The maximum Gasteiger partial charge on any atom is 0.239 e. The summed E-state index contributed by atoms with van der Waals surface area (Å²) in [6, 6.07) is 6.12. The summed E-state index contributed by atoms with van der Waals surface area (Å²) >= 11 is 3.55. The Hall–Kier alpha value is -3.82. The van der Waals surface area contributed by atoms with E-state index in [1.807, 2.05) is 18.2 Å². The largest absolute Gasteiger partial charge is 0.479 e. The summed E-state index contributed by atoms with van der Waals surface area (Å²) in [5, 5.41) is 7.17. The number of anilines is 5. The zero-order chi connectivity index (χ0) is 32.4. The molecule has 3 aromatic heterocycles. The van der Waals surface area contributed by atoms with Crippen molar-refractivity contribution in [3.8, 4) is 18.2 Å². The van der Waals surface area contributed by atoms with E-state index in [1.54, 1.807) is 39.0 Å². The molecule has 0 spiro atoms. The molecule has 6 rings (SSSR count). The molecule has 2 aliphatic heterocycles. The summed E-state index contributed by atoms with van der Waals surface area (Å²) in [5.74, 6) is 4.73. The fourth-order valence-electron chi connectivity index (χ4n) is 6.14. The summed E-state index contributed by atoms with van der Waals surface area (Å²) in [5.41, 5.74) is 3.10. The van der Waals surface area contributed by atoms with Crippen LogP contribution in [0.2, 0.25) is 0 Å². The molecule has 2 aliphatic rings. The number of nitrogens with zero attached hydrogens (tertiary/aromatic N) is 8. The molecule has 0 aliphatic carbocycles. The van der Waals surface area contributed by atoms with Crippen LogP contribution in [-0.4, -0.2) is 108 Å². The fourth-order valence-corrected chi connectivity index (χ4v) is 7.82. The van der Waals surface area contributed by atoms with Crippen molar-refractivity contribution >= 4 is 68.4 Å². The number of nitrogens with one attached hydrogen (secondary N) is 2. The maximum absolute atomic E-state index is 13.4. The first-order chi connectivity index (χ1) is 22.1. The standard InChI is InChI=1S/C32H38BrN10O2P/c1-6-21-19-26(31(45-3)40-30(21)43-13-9-22(10-14-43)42-17-15-41(2)16-18-42)38-32-36-20-23(33)29(39-32)37-25-8-7-24-27(35-12-11-34-24)28(25)46(4,5)44/h1,7-8,11-12,19-20,22H,9-10,13-18H2,2-5H3,(H2,36,37,38,39). The summed E-state index contributed by atoms with van der Waals surface area (Å²) in [7, 11) is 1.01. The number of rotatable bonds is 8. The van der Waals surface area contributed by atoms with Gasteiger partial charge in [-0.15, -0.1) is 6.42 Å². The lowest BCUT2D eigenvalue weighted by Crippen LogP contribution is -2.52. The lowest BCUT2D eigenvalue weighted by Gasteiger charge is -2.42. The number of methoxy groups -OCH3 is 1. The van der Waals surface area contributed by atoms with E-state index in [1.165, 1.54) is 0 Å². The Bertz CT molecular complexity index is 1830. The first-order valence-electron chi connectivity index (χ1n) is 15.2. The molecule has 0 radical (unpaired) electrons. The molecular formula is C32H38BrN10O2P. The molecule has 2 fully saturated rings. The molecule has 12 nitrogen and oxygen atoms in total. The molecule has 4 aromatic rings. The van der Waals surface area contributed by atoms with Gasteiger partial charge in [0.15, 0.2) is 0 Å². The molecular weight excluding hydrogens is 667 g/mol. The van der Waals surface area contributed by atoms with Crippen LogP contribution in [-0.2, 0) is 4.57 Å². The maximum atomic E-state index is 13.4. The Kier molecular flexibility index (Phi) is 9.43. The zero-order valence-electron chi connectivity index (χ0n) is 26.5. The first-order valence-corrected chi connectivity index (χ1v) is 18.6. The van der Waals surface area contributed by atoms with Crippen molar-refractivity contribution in [1.29, 1.82) is 0 Å². The average molecular weight is 706 g/mol. The van der Waals surface area contributed by atoms with Gasteiger partial charge in [-0.05, 0) is 67.3 Å². The minimum Gasteiger partial charge on any atom is -0.479 e. The predicted octanol–water partition coefficient (Wildman–Crippen LogP) is 4.52. The summed E-state index contributed by atoms with van der Waals surface area (Å²) in [4.78, 5) is 30.2. The lowest BCUT2D eigenvalue weighted by atomic mass is 10.0. The van der Waals surface area contributed by atoms with Crippen LogP contribution in [0.3, 0.4) is 0 Å². The molecule has 46 heavy (non-hydrogen) atoms. The van der Waals surface area contributed by atoms with Gasteiger partial charge in [0.05, 0.1) is 33.7 Å². The minimum absolute atomic E-state index is 0.299. The molecule has 5 heterocycles. The smallest absolute Gasteiger partial charge is 0.239 e. The molecule has 14 heteroatoms. The molecule has 0 saturated carbocycles. The second kappa shape index (κ2) is 13.5. The quantitative estimate of drug-likeness (QED) is 0.198. The van der Waals surface area contributed by atoms with E-state index in [4.69, 9.17) is 21.1 Å². The van der Waals surface area contributed by atoms with E-state index in [-0.39, 0.29) is 0 Å². The van der Waals surface area contributed by atoms with Crippen molar-refractivity contribution in [2.75, 3.05) is 82.3 Å². The number of benzene rings is 1. The topological polar surface area (TPSA) is 125 Å². The third kappa shape index (κ3) is 6.81. The Morgan fingerprint density at radius 1 is 1.00 bits per heavy atom. The SMILES string of the molecule is C#Cc1cc(Nc2ncc(Br)c(Nc3ccc4nccnc4c3P(C)(C)=O)n2)c(OC)nc1N1CCC(N2CCN(C)CC2)CC1. The van der Waals surface area contributed by atoms with Gasteiger partial charge in [0.1, 0.15) is 30.0 Å². The summed E-state index contributed by atoms with van der Waals surface area (Å²) < 4.78 is 19.7. The molecule has 240 valence electrons. The van der Waals surface area contributed by atoms with Gasteiger partial charge in [-0.1, -0.05) is 5.92 Å². The monoisotopic (exact) mass is 704 g/mol. The molecule has 0 atom stereocenters. The summed E-state index contributed by atoms with van der Waals surface area (Å²) in [6.45, 7) is 9.66. The fraction of sp³-hybridized carbons (Fsp3) is 0.406. The second-order valence-electron chi connectivity index (χ2n) is 12.0. The Labute approximate surface area is 277 Å². The lowest BCUT2D eigenvalue weighted by molar-refractivity contribution is 0.0981. The van der Waals surface area contributed by atoms with Gasteiger partial charge in [0.2, 0.25) is 11.8 Å². The Morgan fingerprint density at radius 3 is 2.43 bits per heavy atom. The second-order valence-corrected chi connectivity index (χ2v) is 16.0. The Morgan fingerprint density at radius 2 is 1.74 bits per heavy atom. The third-order valence-corrected chi connectivity index (χ3v) is 10.6. The molecule has 0 amide bonds. The van der Waals surface area contributed by atoms with E-state index < -0.39 is 7.14 Å².